The number of nitrogens with one attached hydrogen (secondary N) is 1. The third kappa shape index (κ3) is 8.78. The Labute approximate surface area is 274 Å². The normalized spacial score (nSPS) is 14.4. The number of carbonyl (C=O) groups excluding carboxylic acids is 3. The van der Waals surface area contributed by atoms with E-state index < -0.39 is 0 Å². The van der Waals surface area contributed by atoms with E-state index in [-0.39, 0.29) is 37.3 Å². The minimum Gasteiger partial charge on any atom is -0.493 e. The molecule has 2 aromatic carbocycles. The van der Waals surface area contributed by atoms with Crippen molar-refractivity contribution in [2.24, 2.45) is 0 Å². The molecule has 0 atom stereocenters. The van der Waals surface area contributed by atoms with E-state index in [1.165, 1.54) is 6.92 Å². The number of rotatable bonds is 6. The minimum absolute atomic E-state index is 0.0310. The summed E-state index contributed by atoms with van der Waals surface area (Å²) < 4.78 is 19.7. The summed E-state index contributed by atoms with van der Waals surface area (Å²) in [5.74, 6) is 2.52. The van der Waals surface area contributed by atoms with Crippen molar-refractivity contribution in [2.75, 3.05) is 46.4 Å². The zero-order valence-electron chi connectivity index (χ0n) is 27.2. The lowest BCUT2D eigenvalue weighted by atomic mass is 10.2. The van der Waals surface area contributed by atoms with Gasteiger partial charge in [0, 0.05) is 56.6 Å². The molecule has 4 aromatic rings. The van der Waals surface area contributed by atoms with Crippen LogP contribution in [0.3, 0.4) is 0 Å². The predicted octanol–water partition coefficient (Wildman–Crippen LogP) is 4.12. The number of fused-ring (bicyclic) bond motifs is 4. The van der Waals surface area contributed by atoms with Crippen LogP contribution in [0.1, 0.15) is 37.6 Å². The smallest absolute Gasteiger partial charge is 0.242 e. The molecule has 248 valence electrons. The fraction of sp³-hybridized carbons (Fsp3) is 0.400. The lowest BCUT2D eigenvalue weighted by Gasteiger charge is -2.25. The number of nitrogens with zero attached hydrogens (tertiary/aromatic N) is 5. The van der Waals surface area contributed by atoms with Gasteiger partial charge in [0.1, 0.15) is 18.2 Å². The van der Waals surface area contributed by atoms with Gasteiger partial charge in [0.2, 0.25) is 23.6 Å². The summed E-state index contributed by atoms with van der Waals surface area (Å²) in [6, 6.07) is 15.3. The van der Waals surface area contributed by atoms with Gasteiger partial charge in [0.05, 0.1) is 32.3 Å². The van der Waals surface area contributed by atoms with Crippen LogP contribution in [0, 0.1) is 6.92 Å². The number of amides is 3. The molecule has 1 aliphatic rings. The van der Waals surface area contributed by atoms with Gasteiger partial charge in [-0.3, -0.25) is 14.4 Å². The van der Waals surface area contributed by atoms with Gasteiger partial charge < -0.3 is 33.6 Å². The zero-order chi connectivity index (χ0) is 33.2. The Morgan fingerprint density at radius 1 is 0.915 bits per heavy atom. The van der Waals surface area contributed by atoms with Crippen LogP contribution in [0.2, 0.25) is 0 Å². The van der Waals surface area contributed by atoms with E-state index in [9.17, 15) is 14.4 Å². The van der Waals surface area contributed by atoms with Crippen molar-refractivity contribution in [1.82, 2.24) is 29.7 Å². The van der Waals surface area contributed by atoms with Gasteiger partial charge in [-0.2, -0.15) is 0 Å². The van der Waals surface area contributed by atoms with Gasteiger partial charge in [-0.15, -0.1) is 0 Å². The summed E-state index contributed by atoms with van der Waals surface area (Å²) >= 11 is 0. The molecule has 3 amide bonds. The van der Waals surface area contributed by atoms with Crippen LogP contribution in [0.15, 0.2) is 65.3 Å². The van der Waals surface area contributed by atoms with Crippen molar-refractivity contribution in [3.63, 3.8) is 0 Å². The van der Waals surface area contributed by atoms with Gasteiger partial charge >= 0.3 is 0 Å². The maximum absolute atomic E-state index is 13.7. The summed E-state index contributed by atoms with van der Waals surface area (Å²) in [7, 11) is 1.58. The number of hydrogen-bond donors (Lipinski definition) is 1. The fourth-order valence-corrected chi connectivity index (χ4v) is 5.57. The van der Waals surface area contributed by atoms with Gasteiger partial charge in [-0.05, 0) is 56.5 Å². The molecule has 0 fully saturated rings. The molecule has 12 heteroatoms. The number of imidazole rings is 1. The van der Waals surface area contributed by atoms with Crippen LogP contribution in [0.5, 0.6) is 11.5 Å². The van der Waals surface area contributed by atoms with Gasteiger partial charge in [-0.1, -0.05) is 18.2 Å². The van der Waals surface area contributed by atoms with Crippen LogP contribution in [-0.4, -0.2) is 88.5 Å². The Morgan fingerprint density at radius 3 is 2.40 bits per heavy atom. The minimum atomic E-state index is -0.271. The van der Waals surface area contributed by atoms with Gasteiger partial charge in [0.15, 0.2) is 11.5 Å². The molecule has 0 radical (unpaired) electrons. The van der Waals surface area contributed by atoms with E-state index in [1.54, 1.807) is 18.2 Å². The number of carbonyl (C=O) groups is 3. The van der Waals surface area contributed by atoms with Crippen LogP contribution in [0.25, 0.3) is 22.8 Å². The molecule has 0 saturated heterocycles. The molecule has 1 aliphatic heterocycles. The summed E-state index contributed by atoms with van der Waals surface area (Å²) in [5.41, 5.74) is 2.34. The number of oxazole rings is 1. The number of ether oxygens (including phenoxy) is 2. The van der Waals surface area contributed by atoms with Gasteiger partial charge in [0.25, 0.3) is 0 Å². The summed E-state index contributed by atoms with van der Waals surface area (Å²) in [5, 5.41) is 2.59. The number of methoxy groups -OCH3 is 1. The average Bonchev–Trinajstić information content (AvgIpc) is 3.69. The molecule has 12 nitrogen and oxygen atoms in total. The Kier molecular flexibility index (Phi) is 11.3. The molecule has 47 heavy (non-hydrogen) atoms. The number of aryl methyl sites for hydroxylation is 2. The second-order valence-electron chi connectivity index (χ2n) is 11.5. The summed E-state index contributed by atoms with van der Waals surface area (Å²) in [6.45, 7) is 5.86. The first-order chi connectivity index (χ1) is 22.8. The zero-order valence-corrected chi connectivity index (χ0v) is 27.2. The van der Waals surface area contributed by atoms with Crippen molar-refractivity contribution in [3.8, 4) is 34.3 Å². The topological polar surface area (TPSA) is 132 Å². The summed E-state index contributed by atoms with van der Waals surface area (Å²) in [4.78, 5) is 51.1. The Hall–Kier alpha value is -5.13. The van der Waals surface area contributed by atoms with E-state index >= 15 is 0 Å². The lowest BCUT2D eigenvalue weighted by Crippen LogP contribution is -2.42. The average molecular weight is 643 g/mol. The van der Waals surface area contributed by atoms with E-state index in [0.717, 1.165) is 17.0 Å². The maximum Gasteiger partial charge on any atom is 0.242 e. The highest BCUT2D eigenvalue weighted by Crippen LogP contribution is 2.32. The molecule has 0 unspecified atom stereocenters. The second-order valence-corrected chi connectivity index (χ2v) is 11.5. The van der Waals surface area contributed by atoms with E-state index in [1.807, 2.05) is 66.6 Å². The highest BCUT2D eigenvalue weighted by atomic mass is 16.5. The molecule has 0 spiro atoms. The number of hydrogen-bond acceptors (Lipinski definition) is 8. The third-order valence-corrected chi connectivity index (χ3v) is 8.12. The fourth-order valence-electron chi connectivity index (χ4n) is 5.57. The first-order valence-corrected chi connectivity index (χ1v) is 16.0. The van der Waals surface area contributed by atoms with Gasteiger partial charge in [-0.25, -0.2) is 9.97 Å². The molecule has 5 rings (SSSR count). The first kappa shape index (κ1) is 33.2. The Morgan fingerprint density at radius 2 is 1.66 bits per heavy atom. The standard InChI is InChI=1S/C35H42N6O6/c1-25-29(38-35(47-25)27-10-5-4-6-11-27)23-32(43)39-15-7-8-16-40(33(44)24-37-26(2)42)20-21-46-31-22-28(12-13-30(31)45-3)34-36-14-19-41(34)18-9-17-39/h4-6,10-14,19,22H,7-9,15-18,20-21,23-24H2,1-3H3,(H,37,42). The van der Waals surface area contributed by atoms with Crippen molar-refractivity contribution in [2.45, 2.75) is 46.1 Å². The van der Waals surface area contributed by atoms with E-state index in [2.05, 4.69) is 19.9 Å². The van der Waals surface area contributed by atoms with Crippen LogP contribution in [0.4, 0.5) is 0 Å². The molecule has 2 bridgehead atoms. The third-order valence-electron chi connectivity index (χ3n) is 8.12. The molecule has 0 aliphatic carbocycles. The molecule has 3 heterocycles. The van der Waals surface area contributed by atoms with Crippen LogP contribution < -0.4 is 14.8 Å². The molecule has 1 N–H and O–H groups in total. The van der Waals surface area contributed by atoms with Crippen LogP contribution >= 0.6 is 0 Å². The first-order valence-electron chi connectivity index (χ1n) is 16.0. The highest BCUT2D eigenvalue weighted by molar-refractivity contribution is 5.83. The van der Waals surface area contributed by atoms with Crippen LogP contribution in [-0.2, 0) is 27.3 Å². The second kappa shape index (κ2) is 15.9. The number of aromatic nitrogens is 3. The monoisotopic (exact) mass is 642 g/mol. The lowest BCUT2D eigenvalue weighted by molar-refractivity contribution is -0.133. The molecular formula is C35H42N6O6. The molecular weight excluding hydrogens is 600 g/mol. The van der Waals surface area contributed by atoms with E-state index in [0.29, 0.717) is 80.8 Å². The van der Waals surface area contributed by atoms with E-state index in [4.69, 9.17) is 13.9 Å². The summed E-state index contributed by atoms with van der Waals surface area (Å²) in [6.07, 6.45) is 5.89. The number of benzene rings is 2. The maximum atomic E-state index is 13.7. The van der Waals surface area contributed by atoms with Crippen molar-refractivity contribution >= 4 is 17.7 Å². The largest absolute Gasteiger partial charge is 0.493 e. The predicted molar refractivity (Wildman–Crippen MR) is 176 cm³/mol. The van der Waals surface area contributed by atoms with Crippen molar-refractivity contribution in [1.29, 1.82) is 0 Å². The Bertz CT molecular complexity index is 1670. The van der Waals surface area contributed by atoms with Crippen molar-refractivity contribution in [3.05, 3.63) is 72.4 Å². The molecule has 2 aromatic heterocycles. The molecule has 0 saturated carbocycles. The highest BCUT2D eigenvalue weighted by Gasteiger charge is 2.21. The van der Waals surface area contributed by atoms with Crippen molar-refractivity contribution < 1.29 is 28.3 Å². The quantitative estimate of drug-likeness (QED) is 0.332. The SMILES string of the molecule is COc1ccc2cc1OCCN(C(=O)CNC(C)=O)CCCCN(C(=O)Cc1nc(-c3ccccc3)oc1C)CCCn1ccnc1-2. The Balaban J connectivity index is 1.36.